The summed E-state index contributed by atoms with van der Waals surface area (Å²) in [6, 6.07) is 14.5. The van der Waals surface area contributed by atoms with Crippen molar-refractivity contribution < 1.29 is 31.2 Å². The lowest BCUT2D eigenvalue weighted by atomic mass is 10.0. The van der Waals surface area contributed by atoms with Gasteiger partial charge in [-0.05, 0) is 47.5 Å². The second-order valence-corrected chi connectivity index (χ2v) is 9.53. The first kappa shape index (κ1) is 23.4. The van der Waals surface area contributed by atoms with Gasteiger partial charge in [0, 0.05) is 25.4 Å². The maximum absolute atomic E-state index is 13.3. The zero-order valence-electron chi connectivity index (χ0n) is 17.5. The van der Waals surface area contributed by atoms with Gasteiger partial charge in [0.05, 0.1) is 10.6 Å². The van der Waals surface area contributed by atoms with Crippen molar-refractivity contribution in [1.29, 1.82) is 0 Å². The minimum Gasteiger partial charge on any atom is -0.307 e. The molecule has 11 heteroatoms. The van der Waals surface area contributed by atoms with Crippen LogP contribution in [0.5, 0.6) is 0 Å². The molecule has 7 nitrogen and oxygen atoms in total. The Labute approximate surface area is 193 Å². The Morgan fingerprint density at radius 1 is 0.853 bits per heavy atom. The molecule has 1 unspecified atom stereocenters. The summed E-state index contributed by atoms with van der Waals surface area (Å²) < 4.78 is 61.8. The Morgan fingerprint density at radius 2 is 1.47 bits per heavy atom. The number of pyridine rings is 1. The van der Waals surface area contributed by atoms with E-state index in [1.165, 1.54) is 4.90 Å². The maximum atomic E-state index is 13.3. The summed E-state index contributed by atoms with van der Waals surface area (Å²) in [4.78, 5) is 31.8. The lowest BCUT2D eigenvalue weighted by Crippen LogP contribution is -2.36. The average molecular weight is 489 g/mol. The van der Waals surface area contributed by atoms with E-state index in [2.05, 4.69) is 4.98 Å². The molecule has 176 valence electrons. The summed E-state index contributed by atoms with van der Waals surface area (Å²) in [7, 11) is -5.55. The van der Waals surface area contributed by atoms with E-state index >= 15 is 0 Å². The molecule has 0 aliphatic carbocycles. The zero-order valence-corrected chi connectivity index (χ0v) is 18.3. The molecule has 4 rings (SSSR count). The van der Waals surface area contributed by atoms with Gasteiger partial charge in [-0.2, -0.15) is 13.2 Å². The molecule has 1 saturated heterocycles. The van der Waals surface area contributed by atoms with Crippen molar-refractivity contribution in [2.75, 3.05) is 4.90 Å². The number of carbonyl (C=O) groups excluding carboxylic acids is 2. The summed E-state index contributed by atoms with van der Waals surface area (Å²) >= 11 is 0. The van der Waals surface area contributed by atoms with Gasteiger partial charge in [0.15, 0.2) is 0 Å². The Kier molecular flexibility index (Phi) is 6.13. The second-order valence-electron chi connectivity index (χ2n) is 7.59. The smallest absolute Gasteiger partial charge is 0.307 e. The summed E-state index contributed by atoms with van der Waals surface area (Å²) in [5.41, 5.74) is -3.92. The normalized spacial score (nSPS) is 16.9. The molecule has 1 fully saturated rings. The van der Waals surface area contributed by atoms with Crippen molar-refractivity contribution in [2.45, 2.75) is 29.4 Å². The third-order valence-corrected chi connectivity index (χ3v) is 6.90. The Morgan fingerprint density at radius 3 is 2.06 bits per heavy atom. The van der Waals surface area contributed by atoms with Crippen molar-refractivity contribution in [3.8, 4) is 0 Å². The molecule has 0 spiro atoms. The van der Waals surface area contributed by atoms with Gasteiger partial charge in [0.2, 0.25) is 0 Å². The van der Waals surface area contributed by atoms with Gasteiger partial charge >= 0.3 is 11.5 Å². The van der Waals surface area contributed by atoms with Gasteiger partial charge in [0.1, 0.15) is 6.04 Å². The molecule has 1 aliphatic heterocycles. The van der Waals surface area contributed by atoms with E-state index in [1.807, 2.05) is 18.2 Å². The molecule has 0 bridgehead atoms. The number of aromatic nitrogens is 1. The zero-order chi connectivity index (χ0) is 24.5. The fraction of sp³-hybridized carbons (Fsp3) is 0.174. The molecular formula is C23H18F3N3O4S. The quantitative estimate of drug-likeness (QED) is 0.490. The number of carbonyl (C=O) groups is 2. The minimum atomic E-state index is -5.55. The fourth-order valence-electron chi connectivity index (χ4n) is 3.68. The van der Waals surface area contributed by atoms with Crippen LogP contribution in [-0.4, -0.2) is 41.8 Å². The van der Waals surface area contributed by atoms with E-state index < -0.39 is 38.2 Å². The Bertz CT molecular complexity index is 1240. The van der Waals surface area contributed by atoms with Crippen LogP contribution < -0.4 is 4.90 Å². The molecule has 34 heavy (non-hydrogen) atoms. The maximum Gasteiger partial charge on any atom is 0.501 e. The highest BCUT2D eigenvalue weighted by Gasteiger charge is 2.48. The minimum absolute atomic E-state index is 0.0218. The summed E-state index contributed by atoms with van der Waals surface area (Å²) in [6.07, 6.45) is 3.34. The molecule has 0 saturated carbocycles. The number of hydrogen-bond donors (Lipinski definition) is 0. The fourth-order valence-corrected chi connectivity index (χ4v) is 4.44. The topological polar surface area (TPSA) is 87.7 Å². The number of sulfone groups is 1. The summed E-state index contributed by atoms with van der Waals surface area (Å²) in [5, 5.41) is 0. The van der Waals surface area contributed by atoms with Crippen LogP contribution in [0.25, 0.3) is 0 Å². The number of hydrogen-bond acceptors (Lipinski definition) is 5. The largest absolute Gasteiger partial charge is 0.501 e. The standard InChI is InChI=1S/C23H18F3N3O4S/c24-23(25,26)34(32,33)19-8-6-18(7-9-19)29-21(30)20(14-16-4-2-1-3-5-16)28(22(29)31)15-17-10-12-27-13-11-17/h1-13,20H,14-15H2. The van der Waals surface area contributed by atoms with Gasteiger partial charge in [-0.15, -0.1) is 0 Å². The monoisotopic (exact) mass is 489 g/mol. The number of nitrogens with zero attached hydrogens (tertiary/aromatic N) is 3. The second kappa shape index (κ2) is 8.90. The highest BCUT2D eigenvalue weighted by atomic mass is 32.2. The van der Waals surface area contributed by atoms with E-state index in [4.69, 9.17) is 0 Å². The van der Waals surface area contributed by atoms with Crippen molar-refractivity contribution in [2.24, 2.45) is 0 Å². The van der Waals surface area contributed by atoms with Crippen molar-refractivity contribution in [1.82, 2.24) is 9.88 Å². The lowest BCUT2D eigenvalue weighted by molar-refractivity contribution is -0.119. The first-order chi connectivity index (χ1) is 16.1. The third kappa shape index (κ3) is 4.38. The number of urea groups is 1. The van der Waals surface area contributed by atoms with E-state index in [-0.39, 0.29) is 18.7 Å². The molecule has 1 atom stereocenters. The van der Waals surface area contributed by atoms with Crippen LogP contribution in [0.4, 0.5) is 23.7 Å². The molecular weight excluding hydrogens is 471 g/mol. The first-order valence-corrected chi connectivity index (χ1v) is 11.6. The number of alkyl halides is 3. The van der Waals surface area contributed by atoms with Crippen LogP contribution in [0.3, 0.4) is 0 Å². The lowest BCUT2D eigenvalue weighted by Gasteiger charge is -2.22. The average Bonchev–Trinajstić information content (AvgIpc) is 3.04. The molecule has 3 aromatic rings. The van der Waals surface area contributed by atoms with Gasteiger partial charge in [-0.25, -0.2) is 18.1 Å². The van der Waals surface area contributed by atoms with Crippen LogP contribution in [0, 0.1) is 0 Å². The van der Waals surface area contributed by atoms with Gasteiger partial charge < -0.3 is 4.90 Å². The summed E-state index contributed by atoms with van der Waals surface area (Å²) in [5.74, 6) is -0.561. The predicted octanol–water partition coefficient (Wildman–Crippen LogP) is 3.96. The van der Waals surface area contributed by atoms with Crippen LogP contribution >= 0.6 is 0 Å². The Balaban J connectivity index is 1.67. The number of rotatable bonds is 6. The van der Waals surface area contributed by atoms with Gasteiger partial charge in [-0.1, -0.05) is 30.3 Å². The van der Waals surface area contributed by atoms with Crippen LogP contribution in [0.1, 0.15) is 11.1 Å². The molecule has 0 N–H and O–H groups in total. The van der Waals surface area contributed by atoms with E-state index in [1.54, 1.807) is 36.7 Å². The number of amides is 3. The number of halogens is 3. The Hall–Kier alpha value is -3.73. The molecule has 1 aliphatic rings. The molecule has 0 radical (unpaired) electrons. The van der Waals surface area contributed by atoms with Crippen LogP contribution in [0.15, 0.2) is 84.0 Å². The van der Waals surface area contributed by atoms with E-state index in [0.29, 0.717) is 0 Å². The molecule has 1 aromatic heterocycles. The SMILES string of the molecule is O=C1C(Cc2ccccc2)N(Cc2ccncc2)C(=O)N1c1ccc(S(=O)(=O)C(F)(F)F)cc1. The van der Waals surface area contributed by atoms with Crippen LogP contribution in [0.2, 0.25) is 0 Å². The first-order valence-electron chi connectivity index (χ1n) is 10.1. The van der Waals surface area contributed by atoms with Crippen molar-refractivity contribution in [3.63, 3.8) is 0 Å². The van der Waals surface area contributed by atoms with E-state index in [9.17, 15) is 31.2 Å². The number of imide groups is 1. The number of benzene rings is 2. The molecule has 2 heterocycles. The van der Waals surface area contributed by atoms with Crippen molar-refractivity contribution >= 4 is 27.5 Å². The predicted molar refractivity (Wildman–Crippen MR) is 116 cm³/mol. The molecule has 2 aromatic carbocycles. The van der Waals surface area contributed by atoms with E-state index in [0.717, 1.165) is 40.3 Å². The van der Waals surface area contributed by atoms with Crippen molar-refractivity contribution in [3.05, 3.63) is 90.3 Å². The number of anilines is 1. The van der Waals surface area contributed by atoms with Crippen LogP contribution in [-0.2, 0) is 27.6 Å². The third-order valence-electron chi connectivity index (χ3n) is 5.40. The van der Waals surface area contributed by atoms with Gasteiger partial charge in [0.25, 0.3) is 15.7 Å². The highest BCUT2D eigenvalue weighted by Crippen LogP contribution is 2.33. The molecule has 3 amide bonds. The van der Waals surface area contributed by atoms with Gasteiger partial charge in [-0.3, -0.25) is 9.78 Å². The summed E-state index contributed by atoms with van der Waals surface area (Å²) in [6.45, 7) is 0.113. The highest BCUT2D eigenvalue weighted by molar-refractivity contribution is 7.92.